The van der Waals surface area contributed by atoms with Crippen molar-refractivity contribution in [1.82, 2.24) is 4.90 Å². The summed E-state index contributed by atoms with van der Waals surface area (Å²) in [5.41, 5.74) is 1.94. The van der Waals surface area contributed by atoms with E-state index in [0.717, 1.165) is 28.8 Å². The molecule has 0 bridgehead atoms. The minimum atomic E-state index is 0.136. The van der Waals surface area contributed by atoms with E-state index in [2.05, 4.69) is 22.9 Å². The molecule has 2 rings (SSSR count). The number of aryl methyl sites for hydroxylation is 1. The number of hydrogen-bond donors (Lipinski definition) is 0. The highest BCUT2D eigenvalue weighted by Crippen LogP contribution is 2.30. The first kappa shape index (κ1) is 15.6. The fraction of sp³-hybridized carbons (Fsp3) is 0.588. The second-order valence-corrected chi connectivity index (χ2v) is 6.84. The molecule has 0 saturated heterocycles. The van der Waals surface area contributed by atoms with Crippen LogP contribution >= 0.6 is 15.9 Å². The molecular formula is C17H24BrNO. The van der Waals surface area contributed by atoms with Crippen LogP contribution < -0.4 is 0 Å². The lowest BCUT2D eigenvalue weighted by atomic mass is 9.84. The summed E-state index contributed by atoms with van der Waals surface area (Å²) in [7, 11) is 1.95. The predicted molar refractivity (Wildman–Crippen MR) is 87.0 cm³/mol. The van der Waals surface area contributed by atoms with Crippen molar-refractivity contribution >= 4 is 21.8 Å². The molecule has 1 saturated carbocycles. The molecule has 1 fully saturated rings. The zero-order chi connectivity index (χ0) is 14.7. The molecule has 110 valence electrons. The SMILES string of the molecule is CCC1CCC(N(C)C(=O)c2ccc(C)cc2Br)CC1. The molecule has 0 radical (unpaired) electrons. The predicted octanol–water partition coefficient (Wildman–Crippen LogP) is 4.80. The Kier molecular flexibility index (Phi) is 5.25. The van der Waals surface area contributed by atoms with E-state index in [9.17, 15) is 4.79 Å². The van der Waals surface area contributed by atoms with Gasteiger partial charge in [0.2, 0.25) is 0 Å². The van der Waals surface area contributed by atoms with Crippen molar-refractivity contribution in [2.75, 3.05) is 7.05 Å². The van der Waals surface area contributed by atoms with Gasteiger partial charge in [0.1, 0.15) is 0 Å². The van der Waals surface area contributed by atoms with E-state index in [1.807, 2.05) is 37.1 Å². The van der Waals surface area contributed by atoms with Gasteiger partial charge in [-0.2, -0.15) is 0 Å². The summed E-state index contributed by atoms with van der Waals surface area (Å²) in [6, 6.07) is 6.34. The van der Waals surface area contributed by atoms with Crippen molar-refractivity contribution in [1.29, 1.82) is 0 Å². The van der Waals surface area contributed by atoms with E-state index in [1.165, 1.54) is 24.8 Å². The monoisotopic (exact) mass is 337 g/mol. The standard InChI is InChI=1S/C17H24BrNO/c1-4-13-6-8-14(9-7-13)19(3)17(20)15-10-5-12(2)11-16(15)18/h5,10-11,13-14H,4,6-9H2,1-3H3. The number of carbonyl (C=O) groups excluding carboxylic acids is 1. The Labute approximate surface area is 130 Å². The van der Waals surface area contributed by atoms with Crippen molar-refractivity contribution in [3.63, 3.8) is 0 Å². The van der Waals surface area contributed by atoms with E-state index >= 15 is 0 Å². The molecule has 0 aromatic heterocycles. The van der Waals surface area contributed by atoms with Crippen LogP contribution in [0, 0.1) is 12.8 Å². The number of amides is 1. The number of rotatable bonds is 3. The van der Waals surface area contributed by atoms with Crippen molar-refractivity contribution in [2.24, 2.45) is 5.92 Å². The molecule has 0 heterocycles. The summed E-state index contributed by atoms with van der Waals surface area (Å²) < 4.78 is 0.900. The van der Waals surface area contributed by atoms with Crippen LogP contribution in [0.2, 0.25) is 0 Å². The van der Waals surface area contributed by atoms with Gasteiger partial charge in [0.05, 0.1) is 5.56 Å². The van der Waals surface area contributed by atoms with Gasteiger partial charge in [0.25, 0.3) is 5.91 Å². The minimum absolute atomic E-state index is 0.136. The molecule has 2 nitrogen and oxygen atoms in total. The van der Waals surface area contributed by atoms with Crippen LogP contribution in [0.4, 0.5) is 0 Å². The average Bonchev–Trinajstić information content (AvgIpc) is 2.46. The Morgan fingerprint density at radius 3 is 2.50 bits per heavy atom. The van der Waals surface area contributed by atoms with Crippen LogP contribution in [0.15, 0.2) is 22.7 Å². The molecule has 1 aliphatic carbocycles. The molecule has 1 aromatic rings. The molecule has 1 aromatic carbocycles. The quantitative estimate of drug-likeness (QED) is 0.775. The Hall–Kier alpha value is -0.830. The molecular weight excluding hydrogens is 314 g/mol. The molecule has 0 unspecified atom stereocenters. The number of benzene rings is 1. The largest absolute Gasteiger partial charge is 0.339 e. The topological polar surface area (TPSA) is 20.3 Å². The van der Waals surface area contributed by atoms with Crippen LogP contribution in [0.1, 0.15) is 54.9 Å². The minimum Gasteiger partial charge on any atom is -0.339 e. The fourth-order valence-corrected chi connectivity index (χ4v) is 3.75. The highest BCUT2D eigenvalue weighted by molar-refractivity contribution is 9.10. The second kappa shape index (κ2) is 6.75. The maximum absolute atomic E-state index is 12.6. The van der Waals surface area contributed by atoms with Crippen LogP contribution in [-0.4, -0.2) is 23.9 Å². The highest BCUT2D eigenvalue weighted by atomic mass is 79.9. The van der Waals surface area contributed by atoms with Crippen molar-refractivity contribution in [2.45, 2.75) is 52.0 Å². The van der Waals surface area contributed by atoms with Crippen LogP contribution in [-0.2, 0) is 0 Å². The summed E-state index contributed by atoms with van der Waals surface area (Å²) >= 11 is 3.51. The summed E-state index contributed by atoms with van der Waals surface area (Å²) in [5.74, 6) is 0.998. The van der Waals surface area contributed by atoms with Gasteiger partial charge in [0.15, 0.2) is 0 Å². The van der Waals surface area contributed by atoms with Gasteiger partial charge in [-0.05, 0) is 72.2 Å². The van der Waals surface area contributed by atoms with E-state index in [1.54, 1.807) is 0 Å². The summed E-state index contributed by atoms with van der Waals surface area (Å²) in [5, 5.41) is 0. The molecule has 1 aliphatic rings. The Balaban J connectivity index is 2.05. The van der Waals surface area contributed by atoms with Crippen LogP contribution in [0.25, 0.3) is 0 Å². The molecule has 0 N–H and O–H groups in total. The van der Waals surface area contributed by atoms with Gasteiger partial charge in [0, 0.05) is 17.6 Å². The Morgan fingerprint density at radius 1 is 1.30 bits per heavy atom. The summed E-state index contributed by atoms with van der Waals surface area (Å²) in [6.07, 6.45) is 6.07. The molecule has 0 atom stereocenters. The van der Waals surface area contributed by atoms with Crippen molar-refractivity contribution in [3.8, 4) is 0 Å². The van der Waals surface area contributed by atoms with Gasteiger partial charge < -0.3 is 4.90 Å². The number of halogens is 1. The number of hydrogen-bond acceptors (Lipinski definition) is 1. The smallest absolute Gasteiger partial charge is 0.254 e. The van der Waals surface area contributed by atoms with E-state index in [-0.39, 0.29) is 5.91 Å². The zero-order valence-electron chi connectivity index (χ0n) is 12.7. The van der Waals surface area contributed by atoms with Crippen molar-refractivity contribution in [3.05, 3.63) is 33.8 Å². The van der Waals surface area contributed by atoms with E-state index in [0.29, 0.717) is 6.04 Å². The van der Waals surface area contributed by atoms with E-state index < -0.39 is 0 Å². The summed E-state index contributed by atoms with van der Waals surface area (Å²) in [4.78, 5) is 14.6. The van der Waals surface area contributed by atoms with Gasteiger partial charge in [-0.3, -0.25) is 4.79 Å². The third-order valence-corrected chi connectivity index (χ3v) is 5.27. The highest BCUT2D eigenvalue weighted by Gasteiger charge is 2.27. The number of nitrogens with zero attached hydrogens (tertiary/aromatic N) is 1. The van der Waals surface area contributed by atoms with Gasteiger partial charge in [-0.1, -0.05) is 19.4 Å². The first-order valence-electron chi connectivity index (χ1n) is 7.56. The van der Waals surface area contributed by atoms with Gasteiger partial charge >= 0.3 is 0 Å². The van der Waals surface area contributed by atoms with Crippen LogP contribution in [0.5, 0.6) is 0 Å². The molecule has 0 aliphatic heterocycles. The average molecular weight is 338 g/mol. The molecule has 0 spiro atoms. The third-order valence-electron chi connectivity index (χ3n) is 4.62. The zero-order valence-corrected chi connectivity index (χ0v) is 14.2. The van der Waals surface area contributed by atoms with Gasteiger partial charge in [-0.25, -0.2) is 0 Å². The Bertz CT molecular complexity index is 478. The van der Waals surface area contributed by atoms with E-state index in [4.69, 9.17) is 0 Å². The lowest BCUT2D eigenvalue weighted by Gasteiger charge is -2.34. The lowest BCUT2D eigenvalue weighted by molar-refractivity contribution is 0.0674. The lowest BCUT2D eigenvalue weighted by Crippen LogP contribution is -2.39. The number of carbonyl (C=O) groups is 1. The first-order valence-corrected chi connectivity index (χ1v) is 8.35. The third kappa shape index (κ3) is 3.43. The first-order chi connectivity index (χ1) is 9.52. The maximum atomic E-state index is 12.6. The van der Waals surface area contributed by atoms with Gasteiger partial charge in [-0.15, -0.1) is 0 Å². The van der Waals surface area contributed by atoms with Crippen molar-refractivity contribution < 1.29 is 4.79 Å². The maximum Gasteiger partial charge on any atom is 0.254 e. The molecule has 3 heteroatoms. The second-order valence-electron chi connectivity index (χ2n) is 5.98. The molecule has 1 amide bonds. The fourth-order valence-electron chi connectivity index (χ4n) is 3.09. The normalized spacial score (nSPS) is 22.6. The summed E-state index contributed by atoms with van der Waals surface area (Å²) in [6.45, 7) is 4.30. The van der Waals surface area contributed by atoms with Crippen LogP contribution in [0.3, 0.4) is 0 Å². The molecule has 20 heavy (non-hydrogen) atoms. The Morgan fingerprint density at radius 2 is 1.95 bits per heavy atom.